The van der Waals surface area contributed by atoms with Gasteiger partial charge in [-0.15, -0.1) is 0 Å². The second kappa shape index (κ2) is 5.27. The maximum absolute atomic E-state index is 12.8. The highest BCUT2D eigenvalue weighted by molar-refractivity contribution is 5.97. The van der Waals surface area contributed by atoms with Crippen molar-refractivity contribution in [2.75, 3.05) is 13.2 Å². The number of fused-ring (bicyclic) bond motifs is 1. The summed E-state index contributed by atoms with van der Waals surface area (Å²) in [6, 6.07) is 15.3. The number of benzene rings is 2. The Morgan fingerprint density at radius 3 is 2.95 bits per heavy atom. The molecule has 2 aromatic carbocycles. The van der Waals surface area contributed by atoms with Crippen LogP contribution in [0.2, 0.25) is 0 Å². The molecule has 0 aliphatic carbocycles. The summed E-state index contributed by atoms with van der Waals surface area (Å²) in [7, 11) is 0. The molecule has 4 rings (SSSR count). The van der Waals surface area contributed by atoms with E-state index >= 15 is 0 Å². The van der Waals surface area contributed by atoms with Crippen LogP contribution >= 0.6 is 0 Å². The lowest BCUT2D eigenvalue weighted by Gasteiger charge is -2.23. The van der Waals surface area contributed by atoms with Crippen molar-refractivity contribution < 1.29 is 9.53 Å². The molecule has 1 aromatic heterocycles. The molecule has 110 valence electrons. The molecule has 1 aliphatic heterocycles. The average Bonchev–Trinajstić information content (AvgIpc) is 3.23. The standard InChI is InChI=1S/C17H15N3O2/c21-16(13-6-7-14-15(10-13)19-11-18-14)20-8-9-22-17(20)12-4-2-1-3-5-12/h1-7,10-11,17H,8-9H2,(H,18,19). The first-order valence-electron chi connectivity index (χ1n) is 7.23. The highest BCUT2D eigenvalue weighted by atomic mass is 16.5. The minimum atomic E-state index is -0.314. The van der Waals surface area contributed by atoms with E-state index in [1.165, 1.54) is 0 Å². The van der Waals surface area contributed by atoms with Crippen molar-refractivity contribution >= 4 is 16.9 Å². The van der Waals surface area contributed by atoms with Gasteiger partial charge in [0.05, 0.1) is 24.0 Å². The van der Waals surface area contributed by atoms with E-state index in [0.717, 1.165) is 16.6 Å². The van der Waals surface area contributed by atoms with Crippen LogP contribution in [0.5, 0.6) is 0 Å². The third kappa shape index (κ3) is 2.16. The van der Waals surface area contributed by atoms with Crippen LogP contribution in [0.15, 0.2) is 54.9 Å². The van der Waals surface area contributed by atoms with Gasteiger partial charge in [-0.05, 0) is 18.2 Å². The lowest BCUT2D eigenvalue weighted by atomic mass is 10.1. The number of amides is 1. The topological polar surface area (TPSA) is 58.2 Å². The molecule has 5 nitrogen and oxygen atoms in total. The van der Waals surface area contributed by atoms with Crippen LogP contribution in [0.4, 0.5) is 0 Å². The van der Waals surface area contributed by atoms with Crippen molar-refractivity contribution in [3.8, 4) is 0 Å². The van der Waals surface area contributed by atoms with E-state index in [2.05, 4.69) is 9.97 Å². The van der Waals surface area contributed by atoms with Gasteiger partial charge in [-0.25, -0.2) is 4.98 Å². The molecule has 0 spiro atoms. The molecular weight excluding hydrogens is 278 g/mol. The predicted octanol–water partition coefficient (Wildman–Crippen LogP) is 2.73. The molecule has 5 heteroatoms. The SMILES string of the molecule is O=C(c1ccc2nc[nH]c2c1)N1CCOC1c1ccccc1. The first-order chi connectivity index (χ1) is 10.8. The molecule has 0 saturated carbocycles. The Kier molecular flexibility index (Phi) is 3.12. The number of aromatic nitrogens is 2. The van der Waals surface area contributed by atoms with Crippen LogP contribution in [0.1, 0.15) is 22.1 Å². The Labute approximate surface area is 127 Å². The third-order valence-electron chi connectivity index (χ3n) is 3.90. The van der Waals surface area contributed by atoms with E-state index in [1.807, 2.05) is 48.5 Å². The number of ether oxygens (including phenoxy) is 1. The zero-order valence-electron chi connectivity index (χ0n) is 11.9. The maximum atomic E-state index is 12.8. The Hall–Kier alpha value is -2.66. The molecule has 2 heterocycles. The number of nitrogens with zero attached hydrogens (tertiary/aromatic N) is 2. The van der Waals surface area contributed by atoms with Gasteiger partial charge in [-0.3, -0.25) is 4.79 Å². The molecule has 1 atom stereocenters. The molecule has 1 saturated heterocycles. The number of aromatic amines is 1. The summed E-state index contributed by atoms with van der Waals surface area (Å²) in [6.45, 7) is 1.15. The predicted molar refractivity (Wildman–Crippen MR) is 82.3 cm³/mol. The molecule has 1 amide bonds. The number of H-pyrrole nitrogens is 1. The van der Waals surface area contributed by atoms with Crippen LogP contribution in [0, 0.1) is 0 Å². The summed E-state index contributed by atoms with van der Waals surface area (Å²) >= 11 is 0. The van der Waals surface area contributed by atoms with Gasteiger partial charge in [-0.1, -0.05) is 30.3 Å². The van der Waals surface area contributed by atoms with Crippen LogP contribution in [0.3, 0.4) is 0 Å². The third-order valence-corrected chi connectivity index (χ3v) is 3.90. The van der Waals surface area contributed by atoms with Gasteiger partial charge in [-0.2, -0.15) is 0 Å². The maximum Gasteiger partial charge on any atom is 0.256 e. The van der Waals surface area contributed by atoms with E-state index in [0.29, 0.717) is 18.7 Å². The van der Waals surface area contributed by atoms with E-state index in [-0.39, 0.29) is 12.1 Å². The zero-order chi connectivity index (χ0) is 14.9. The van der Waals surface area contributed by atoms with E-state index in [1.54, 1.807) is 11.2 Å². The number of nitrogens with one attached hydrogen (secondary N) is 1. The monoisotopic (exact) mass is 293 g/mol. The minimum absolute atomic E-state index is 0.0251. The summed E-state index contributed by atoms with van der Waals surface area (Å²) in [5.74, 6) is -0.0251. The highest BCUT2D eigenvalue weighted by Crippen LogP contribution is 2.28. The molecule has 1 unspecified atom stereocenters. The summed E-state index contributed by atoms with van der Waals surface area (Å²) in [5, 5.41) is 0. The minimum Gasteiger partial charge on any atom is -0.352 e. The van der Waals surface area contributed by atoms with Crippen LogP contribution in [0.25, 0.3) is 11.0 Å². The molecule has 0 radical (unpaired) electrons. The van der Waals surface area contributed by atoms with Gasteiger partial charge < -0.3 is 14.6 Å². The van der Waals surface area contributed by atoms with Crippen molar-refractivity contribution in [2.24, 2.45) is 0 Å². The number of hydrogen-bond donors (Lipinski definition) is 1. The fraction of sp³-hybridized carbons (Fsp3) is 0.176. The van der Waals surface area contributed by atoms with Crippen LogP contribution < -0.4 is 0 Å². The first-order valence-corrected chi connectivity index (χ1v) is 7.23. The summed E-state index contributed by atoms with van der Waals surface area (Å²) in [5.41, 5.74) is 3.36. The number of rotatable bonds is 2. The summed E-state index contributed by atoms with van der Waals surface area (Å²) < 4.78 is 5.75. The summed E-state index contributed by atoms with van der Waals surface area (Å²) in [6.07, 6.45) is 1.32. The molecule has 1 aliphatic rings. The van der Waals surface area contributed by atoms with Crippen molar-refractivity contribution in [1.82, 2.24) is 14.9 Å². The van der Waals surface area contributed by atoms with Crippen LogP contribution in [-0.2, 0) is 4.74 Å². The number of hydrogen-bond acceptors (Lipinski definition) is 3. The Bertz CT molecular complexity index is 813. The highest BCUT2D eigenvalue weighted by Gasteiger charge is 2.31. The van der Waals surface area contributed by atoms with E-state index in [9.17, 15) is 4.79 Å². The van der Waals surface area contributed by atoms with Gasteiger partial charge in [0, 0.05) is 17.7 Å². The van der Waals surface area contributed by atoms with E-state index in [4.69, 9.17) is 4.74 Å². The zero-order valence-corrected chi connectivity index (χ0v) is 11.9. The summed E-state index contributed by atoms with van der Waals surface area (Å²) in [4.78, 5) is 21.8. The average molecular weight is 293 g/mol. The van der Waals surface area contributed by atoms with Crippen molar-refractivity contribution in [2.45, 2.75) is 6.23 Å². The van der Waals surface area contributed by atoms with Gasteiger partial charge >= 0.3 is 0 Å². The quantitative estimate of drug-likeness (QED) is 0.790. The number of carbonyl (C=O) groups excluding carboxylic acids is 1. The molecule has 1 fully saturated rings. The Balaban J connectivity index is 1.66. The lowest BCUT2D eigenvalue weighted by molar-refractivity contribution is 0.0272. The molecular formula is C17H15N3O2. The largest absolute Gasteiger partial charge is 0.352 e. The van der Waals surface area contributed by atoms with Gasteiger partial charge in [0.25, 0.3) is 5.91 Å². The Morgan fingerprint density at radius 1 is 1.23 bits per heavy atom. The second-order valence-electron chi connectivity index (χ2n) is 5.27. The van der Waals surface area contributed by atoms with E-state index < -0.39 is 0 Å². The van der Waals surface area contributed by atoms with Gasteiger partial charge in [0.15, 0.2) is 6.23 Å². The second-order valence-corrected chi connectivity index (χ2v) is 5.27. The van der Waals surface area contributed by atoms with Crippen molar-refractivity contribution in [1.29, 1.82) is 0 Å². The normalized spacial score (nSPS) is 18.0. The molecule has 3 aromatic rings. The van der Waals surface area contributed by atoms with Crippen molar-refractivity contribution in [3.63, 3.8) is 0 Å². The smallest absolute Gasteiger partial charge is 0.256 e. The van der Waals surface area contributed by atoms with Crippen molar-refractivity contribution in [3.05, 3.63) is 66.0 Å². The fourth-order valence-corrected chi connectivity index (χ4v) is 2.81. The lowest BCUT2D eigenvalue weighted by Crippen LogP contribution is -2.31. The van der Waals surface area contributed by atoms with Gasteiger partial charge in [0.1, 0.15) is 0 Å². The molecule has 1 N–H and O–H groups in total. The molecule has 22 heavy (non-hydrogen) atoms. The van der Waals surface area contributed by atoms with Crippen LogP contribution in [-0.4, -0.2) is 33.9 Å². The first kappa shape index (κ1) is 13.0. The number of carbonyl (C=O) groups is 1. The number of imidazole rings is 1. The molecule has 0 bridgehead atoms. The van der Waals surface area contributed by atoms with Gasteiger partial charge in [0.2, 0.25) is 0 Å². The Morgan fingerprint density at radius 2 is 2.09 bits per heavy atom. The fourth-order valence-electron chi connectivity index (χ4n) is 2.81.